The van der Waals surface area contributed by atoms with E-state index in [1.165, 1.54) is 22.9 Å². The van der Waals surface area contributed by atoms with Gasteiger partial charge in [-0.25, -0.2) is 13.6 Å². The van der Waals surface area contributed by atoms with E-state index >= 15 is 0 Å². The van der Waals surface area contributed by atoms with Crippen LogP contribution in [-0.4, -0.2) is 20.7 Å². The van der Waals surface area contributed by atoms with Gasteiger partial charge in [0.2, 0.25) is 0 Å². The highest BCUT2D eigenvalue weighted by Gasteiger charge is 2.20. The minimum atomic E-state index is -1.18. The Morgan fingerprint density at radius 3 is 2.50 bits per heavy atom. The zero-order chi connectivity index (χ0) is 16.4. The first kappa shape index (κ1) is 16.2. The molecule has 6 heteroatoms. The lowest BCUT2D eigenvalue weighted by Gasteiger charge is -2.12. The molecule has 0 saturated heterocycles. The summed E-state index contributed by atoms with van der Waals surface area (Å²) in [4.78, 5) is 11.3. The van der Waals surface area contributed by atoms with E-state index in [0.717, 1.165) is 12.1 Å². The summed E-state index contributed by atoms with van der Waals surface area (Å²) in [6.45, 7) is 3.56. The van der Waals surface area contributed by atoms with Gasteiger partial charge in [-0.2, -0.15) is 0 Å². The first-order valence-electron chi connectivity index (χ1n) is 6.85. The highest BCUT2D eigenvalue weighted by molar-refractivity contribution is 5.86. The Labute approximate surface area is 126 Å². The molecule has 0 aliphatic carbocycles. The number of aliphatic hydroxyl groups is 1. The second-order valence-corrected chi connectivity index (χ2v) is 5.52. The lowest BCUT2D eigenvalue weighted by atomic mass is 10.0. The van der Waals surface area contributed by atoms with Gasteiger partial charge in [-0.3, -0.25) is 0 Å². The maximum Gasteiger partial charge on any atom is 0.352 e. The molecule has 1 atom stereocenters. The summed E-state index contributed by atoms with van der Waals surface area (Å²) in [7, 11) is 0. The number of aromatic carboxylic acids is 1. The second-order valence-electron chi connectivity index (χ2n) is 5.52. The molecule has 0 amide bonds. The molecule has 0 aliphatic rings. The number of carbonyl (C=O) groups is 1. The molecule has 2 N–H and O–H groups in total. The van der Waals surface area contributed by atoms with Crippen LogP contribution in [0.5, 0.6) is 0 Å². The molecule has 0 spiro atoms. The topological polar surface area (TPSA) is 62.5 Å². The fourth-order valence-corrected chi connectivity index (χ4v) is 2.22. The summed E-state index contributed by atoms with van der Waals surface area (Å²) in [6, 6.07) is 4.51. The van der Waals surface area contributed by atoms with E-state index in [1.54, 1.807) is 0 Å². The van der Waals surface area contributed by atoms with Crippen LogP contribution in [0.1, 0.15) is 41.6 Å². The third kappa shape index (κ3) is 3.33. The predicted octanol–water partition coefficient (Wildman–Crippen LogP) is 3.20. The van der Waals surface area contributed by atoms with Crippen molar-refractivity contribution >= 4 is 5.97 Å². The van der Waals surface area contributed by atoms with Gasteiger partial charge >= 0.3 is 5.97 Å². The Kier molecular flexibility index (Phi) is 4.61. The molecule has 1 aromatic heterocycles. The van der Waals surface area contributed by atoms with Gasteiger partial charge in [0, 0.05) is 17.8 Å². The van der Waals surface area contributed by atoms with Gasteiger partial charge in [-0.05, 0) is 23.6 Å². The van der Waals surface area contributed by atoms with Crippen molar-refractivity contribution in [1.29, 1.82) is 0 Å². The minimum Gasteiger partial charge on any atom is -0.477 e. The number of aliphatic hydroxyl groups excluding tert-OH is 1. The number of aromatic nitrogens is 1. The Morgan fingerprint density at radius 1 is 1.27 bits per heavy atom. The Morgan fingerprint density at radius 2 is 1.95 bits per heavy atom. The third-order valence-corrected chi connectivity index (χ3v) is 3.47. The average molecular weight is 309 g/mol. The SMILES string of the molecule is CC(C)C(O)c1cc(C(=O)O)n(Cc2ccc(F)cc2F)c1. The second kappa shape index (κ2) is 6.27. The highest BCUT2D eigenvalue weighted by atomic mass is 19.1. The van der Waals surface area contributed by atoms with Crippen LogP contribution in [-0.2, 0) is 6.54 Å². The summed E-state index contributed by atoms with van der Waals surface area (Å²) in [6.07, 6.45) is 0.675. The van der Waals surface area contributed by atoms with Gasteiger partial charge in [-0.1, -0.05) is 19.9 Å². The zero-order valence-electron chi connectivity index (χ0n) is 12.3. The normalized spacial score (nSPS) is 12.6. The van der Waals surface area contributed by atoms with Gasteiger partial charge in [-0.15, -0.1) is 0 Å². The fourth-order valence-electron chi connectivity index (χ4n) is 2.22. The van der Waals surface area contributed by atoms with Crippen molar-refractivity contribution in [3.8, 4) is 0 Å². The van der Waals surface area contributed by atoms with Crippen molar-refractivity contribution in [3.63, 3.8) is 0 Å². The summed E-state index contributed by atoms with van der Waals surface area (Å²) in [5.41, 5.74) is 0.568. The fraction of sp³-hybridized carbons (Fsp3) is 0.312. The molecule has 0 saturated carbocycles. The smallest absolute Gasteiger partial charge is 0.352 e. The van der Waals surface area contributed by atoms with Crippen LogP contribution in [0.15, 0.2) is 30.5 Å². The van der Waals surface area contributed by atoms with Crippen molar-refractivity contribution in [2.24, 2.45) is 5.92 Å². The highest BCUT2D eigenvalue weighted by Crippen LogP contribution is 2.24. The Hall–Kier alpha value is -2.21. The van der Waals surface area contributed by atoms with Crippen LogP contribution >= 0.6 is 0 Å². The van der Waals surface area contributed by atoms with Gasteiger partial charge in [0.1, 0.15) is 17.3 Å². The van der Waals surface area contributed by atoms with Crippen molar-refractivity contribution in [1.82, 2.24) is 4.57 Å². The molecular weight excluding hydrogens is 292 g/mol. The predicted molar refractivity (Wildman–Crippen MR) is 76.6 cm³/mol. The van der Waals surface area contributed by atoms with Crippen molar-refractivity contribution < 1.29 is 23.8 Å². The lowest BCUT2D eigenvalue weighted by molar-refractivity contribution is 0.0685. The molecular formula is C16H17F2NO3. The van der Waals surface area contributed by atoms with Crippen molar-refractivity contribution in [3.05, 3.63) is 58.9 Å². The van der Waals surface area contributed by atoms with E-state index in [4.69, 9.17) is 0 Å². The van der Waals surface area contributed by atoms with E-state index in [2.05, 4.69) is 0 Å². The van der Waals surface area contributed by atoms with Crippen molar-refractivity contribution in [2.45, 2.75) is 26.5 Å². The first-order valence-corrected chi connectivity index (χ1v) is 6.85. The van der Waals surface area contributed by atoms with E-state index in [0.29, 0.717) is 5.56 Å². The number of halogens is 2. The molecule has 0 aliphatic heterocycles. The van der Waals surface area contributed by atoms with E-state index in [1.807, 2.05) is 13.8 Å². The van der Waals surface area contributed by atoms with Crippen LogP contribution in [0, 0.1) is 17.6 Å². The van der Waals surface area contributed by atoms with Crippen molar-refractivity contribution in [2.75, 3.05) is 0 Å². The first-order chi connectivity index (χ1) is 10.3. The van der Waals surface area contributed by atoms with E-state index in [9.17, 15) is 23.8 Å². The largest absolute Gasteiger partial charge is 0.477 e. The number of rotatable bonds is 5. The van der Waals surface area contributed by atoms with Crippen LogP contribution in [0.3, 0.4) is 0 Å². The molecule has 0 fully saturated rings. The van der Waals surface area contributed by atoms with Gasteiger partial charge in [0.25, 0.3) is 0 Å². The Balaban J connectivity index is 2.39. The standard InChI is InChI=1S/C16H17F2NO3/c1-9(2)15(20)11-5-14(16(21)22)19(8-11)7-10-3-4-12(17)6-13(10)18/h3-6,8-9,15,20H,7H2,1-2H3,(H,21,22). The molecule has 118 valence electrons. The monoisotopic (exact) mass is 309 g/mol. The minimum absolute atomic E-state index is 0.0570. The quantitative estimate of drug-likeness (QED) is 0.891. The van der Waals surface area contributed by atoms with Gasteiger partial charge in [0.15, 0.2) is 0 Å². The molecule has 1 heterocycles. The molecule has 0 bridgehead atoms. The maximum absolute atomic E-state index is 13.7. The van der Waals surface area contributed by atoms with E-state index in [-0.39, 0.29) is 23.7 Å². The zero-order valence-corrected chi connectivity index (χ0v) is 12.3. The maximum atomic E-state index is 13.7. The molecule has 2 rings (SSSR count). The summed E-state index contributed by atoms with van der Waals surface area (Å²) in [5, 5.41) is 19.3. The number of hydrogen-bond acceptors (Lipinski definition) is 2. The molecule has 1 unspecified atom stereocenters. The van der Waals surface area contributed by atoms with Gasteiger partial charge in [0.05, 0.1) is 12.6 Å². The molecule has 1 aromatic carbocycles. The number of carboxylic acids is 1. The van der Waals surface area contributed by atoms with Crippen LogP contribution in [0.2, 0.25) is 0 Å². The number of hydrogen-bond donors (Lipinski definition) is 2. The number of carboxylic acid groups (broad SMARTS) is 1. The average Bonchev–Trinajstić information content (AvgIpc) is 2.85. The molecule has 2 aromatic rings. The third-order valence-electron chi connectivity index (χ3n) is 3.47. The van der Waals surface area contributed by atoms with E-state index < -0.39 is 23.7 Å². The molecule has 0 radical (unpaired) electrons. The Bertz CT molecular complexity index is 695. The van der Waals surface area contributed by atoms with Gasteiger partial charge < -0.3 is 14.8 Å². The summed E-state index contributed by atoms with van der Waals surface area (Å²) >= 11 is 0. The lowest BCUT2D eigenvalue weighted by Crippen LogP contribution is -2.09. The molecule has 4 nitrogen and oxygen atoms in total. The number of nitrogens with zero attached hydrogens (tertiary/aromatic N) is 1. The molecule has 22 heavy (non-hydrogen) atoms. The van der Waals surface area contributed by atoms with Crippen LogP contribution in [0.25, 0.3) is 0 Å². The summed E-state index contributed by atoms with van der Waals surface area (Å²) in [5.74, 6) is -2.69. The number of benzene rings is 1. The summed E-state index contributed by atoms with van der Waals surface area (Å²) < 4.78 is 28.0. The van der Waals surface area contributed by atoms with Crippen LogP contribution in [0.4, 0.5) is 8.78 Å². The van der Waals surface area contributed by atoms with Crippen LogP contribution < -0.4 is 0 Å².